The third-order valence-corrected chi connectivity index (χ3v) is 8.36. The van der Waals surface area contributed by atoms with Crippen LogP contribution in [0.3, 0.4) is 0 Å². The number of halogens is 6. The second kappa shape index (κ2) is 13.2. The van der Waals surface area contributed by atoms with Gasteiger partial charge in [-0.05, 0) is 48.9 Å². The third-order valence-electron chi connectivity index (χ3n) is 6.67. The zero-order valence-electron chi connectivity index (χ0n) is 23.5. The van der Waals surface area contributed by atoms with Crippen molar-refractivity contribution in [3.05, 3.63) is 124 Å². The minimum Gasteiger partial charge on any atom is -0.493 e. The highest BCUT2D eigenvalue weighted by Gasteiger charge is 2.45. The number of hydrogen-bond acceptors (Lipinski definition) is 7. The fraction of sp³-hybridized carbons (Fsp3) is 0.194. The summed E-state index contributed by atoms with van der Waals surface area (Å²) in [6, 6.07) is 13.5. The van der Waals surface area contributed by atoms with Crippen molar-refractivity contribution in [2.75, 3.05) is 13.7 Å². The summed E-state index contributed by atoms with van der Waals surface area (Å²) in [6.45, 7) is 1.07. The molecule has 1 atom stereocenters. The van der Waals surface area contributed by atoms with Crippen LogP contribution in [0.5, 0.6) is 11.5 Å². The maximum atomic E-state index is 14.4. The van der Waals surface area contributed by atoms with Gasteiger partial charge in [0.15, 0.2) is 22.0 Å². The number of rotatable bonds is 8. The van der Waals surface area contributed by atoms with Crippen molar-refractivity contribution >= 4 is 50.9 Å². The zero-order chi connectivity index (χ0) is 32.5. The van der Waals surface area contributed by atoms with E-state index in [-0.39, 0.29) is 45.2 Å². The van der Waals surface area contributed by atoms with Gasteiger partial charge in [0.05, 0.1) is 29.9 Å². The van der Waals surface area contributed by atoms with Gasteiger partial charge in [0.25, 0.3) is 5.56 Å². The molecular formula is C31H22BrClF4N2O5S. The third kappa shape index (κ3) is 6.70. The van der Waals surface area contributed by atoms with Gasteiger partial charge in [-0.1, -0.05) is 69.2 Å². The first-order chi connectivity index (χ1) is 21.4. The molecule has 45 heavy (non-hydrogen) atoms. The van der Waals surface area contributed by atoms with Gasteiger partial charge in [0.1, 0.15) is 12.4 Å². The zero-order valence-corrected chi connectivity index (χ0v) is 26.6. The van der Waals surface area contributed by atoms with Gasteiger partial charge in [-0.25, -0.2) is 14.2 Å². The molecule has 7 nitrogen and oxygen atoms in total. The van der Waals surface area contributed by atoms with Gasteiger partial charge in [-0.3, -0.25) is 9.36 Å². The van der Waals surface area contributed by atoms with Gasteiger partial charge in [0, 0.05) is 20.6 Å². The molecule has 0 amide bonds. The van der Waals surface area contributed by atoms with Crippen molar-refractivity contribution < 1.29 is 36.6 Å². The molecular weight excluding hydrogens is 704 g/mol. The topological polar surface area (TPSA) is 79.1 Å². The van der Waals surface area contributed by atoms with Gasteiger partial charge in [-0.15, -0.1) is 0 Å². The summed E-state index contributed by atoms with van der Waals surface area (Å²) in [5.74, 6) is -1.33. The van der Waals surface area contributed by atoms with E-state index in [0.29, 0.717) is 26.4 Å². The van der Waals surface area contributed by atoms with Gasteiger partial charge in [-0.2, -0.15) is 13.2 Å². The molecule has 0 saturated carbocycles. The lowest BCUT2D eigenvalue weighted by Gasteiger charge is -2.26. The summed E-state index contributed by atoms with van der Waals surface area (Å²) in [7, 11) is 1.40. The molecule has 0 fully saturated rings. The molecule has 0 radical (unpaired) electrons. The predicted octanol–water partition coefficient (Wildman–Crippen LogP) is 6.48. The summed E-state index contributed by atoms with van der Waals surface area (Å²) in [4.78, 5) is 30.5. The monoisotopic (exact) mass is 724 g/mol. The Balaban J connectivity index is 1.74. The van der Waals surface area contributed by atoms with Crippen molar-refractivity contribution in [3.63, 3.8) is 0 Å². The molecule has 0 spiro atoms. The summed E-state index contributed by atoms with van der Waals surface area (Å²) in [5.41, 5.74) is -2.26. The highest BCUT2D eigenvalue weighted by molar-refractivity contribution is 9.10. The molecule has 234 valence electrons. The molecule has 0 unspecified atom stereocenters. The van der Waals surface area contributed by atoms with E-state index in [1.807, 2.05) is 0 Å². The molecule has 2 heterocycles. The molecule has 0 bridgehead atoms. The summed E-state index contributed by atoms with van der Waals surface area (Å²) in [6.07, 6.45) is -3.64. The fourth-order valence-electron chi connectivity index (χ4n) is 4.71. The summed E-state index contributed by atoms with van der Waals surface area (Å²) >= 11 is 10.1. The Labute approximate surface area is 270 Å². The van der Waals surface area contributed by atoms with Crippen LogP contribution in [-0.4, -0.2) is 30.4 Å². The number of fused-ring (bicyclic) bond motifs is 1. The number of aromatic nitrogens is 1. The van der Waals surface area contributed by atoms with E-state index in [0.717, 1.165) is 4.57 Å². The molecule has 0 N–H and O–H groups in total. The van der Waals surface area contributed by atoms with Gasteiger partial charge >= 0.3 is 12.1 Å². The van der Waals surface area contributed by atoms with Crippen LogP contribution < -0.4 is 24.4 Å². The first-order valence-corrected chi connectivity index (χ1v) is 15.2. The Morgan fingerprint density at radius 2 is 1.87 bits per heavy atom. The number of alkyl halides is 3. The molecule has 1 aliphatic rings. The largest absolute Gasteiger partial charge is 0.493 e. The van der Waals surface area contributed by atoms with E-state index in [9.17, 15) is 27.2 Å². The number of esters is 1. The molecule has 4 aromatic rings. The van der Waals surface area contributed by atoms with Gasteiger partial charge < -0.3 is 14.2 Å². The van der Waals surface area contributed by atoms with Crippen LogP contribution in [0.1, 0.15) is 29.7 Å². The molecule has 0 aliphatic carbocycles. The van der Waals surface area contributed by atoms with Crippen LogP contribution in [0.25, 0.3) is 6.08 Å². The highest BCUT2D eigenvalue weighted by Crippen LogP contribution is 2.39. The number of thiazole rings is 1. The summed E-state index contributed by atoms with van der Waals surface area (Å²) < 4.78 is 75.5. The minimum atomic E-state index is -5.05. The molecule has 3 aromatic carbocycles. The number of carbonyl (C=O) groups excluding carboxylic acids is 1. The van der Waals surface area contributed by atoms with Crippen LogP contribution in [-0.2, 0) is 16.1 Å². The van der Waals surface area contributed by atoms with E-state index in [1.54, 1.807) is 30.3 Å². The standard InChI is InChI=1S/C31H22BrClF4N2O5S/c1-3-43-29(41)24-25(16-8-10-20(33)11-9-16)39-28(40)23(45-30(39)38-27(24)31(35,36)37)13-18-12-19(32)14-22(42-2)26(18)44-15-17-6-4-5-7-21(17)34/h4-14,25H,3,15H2,1-2H3/b23-13-/t25-/m1/s1. The van der Waals surface area contributed by atoms with Crippen molar-refractivity contribution in [1.82, 2.24) is 4.57 Å². The van der Waals surface area contributed by atoms with Crippen molar-refractivity contribution in [3.8, 4) is 11.5 Å². The Bertz CT molecular complexity index is 1990. The lowest BCUT2D eigenvalue weighted by atomic mass is 9.95. The normalized spacial score (nSPS) is 15.0. The lowest BCUT2D eigenvalue weighted by molar-refractivity contribution is -0.140. The first-order valence-electron chi connectivity index (χ1n) is 13.2. The molecule has 1 aromatic heterocycles. The molecule has 0 saturated heterocycles. The van der Waals surface area contributed by atoms with E-state index in [2.05, 4.69) is 20.9 Å². The highest BCUT2D eigenvalue weighted by atomic mass is 79.9. The maximum absolute atomic E-state index is 14.4. The van der Waals surface area contributed by atoms with Crippen LogP contribution >= 0.6 is 38.9 Å². The Morgan fingerprint density at radius 1 is 1.16 bits per heavy atom. The predicted molar refractivity (Wildman–Crippen MR) is 164 cm³/mol. The minimum absolute atomic E-state index is 0.0183. The Kier molecular flexibility index (Phi) is 9.52. The van der Waals surface area contributed by atoms with Crippen molar-refractivity contribution in [2.45, 2.75) is 25.7 Å². The SMILES string of the molecule is CCOC(=O)C1=C(C(F)(F)F)N=c2s/c(=C\c3cc(Br)cc(OC)c3OCc3ccccc3F)c(=O)n2[C@@H]1c1ccc(Cl)cc1. The van der Waals surface area contributed by atoms with Crippen molar-refractivity contribution in [1.29, 1.82) is 0 Å². The number of benzene rings is 3. The van der Waals surface area contributed by atoms with E-state index < -0.39 is 40.8 Å². The van der Waals surface area contributed by atoms with Crippen LogP contribution in [0.4, 0.5) is 17.6 Å². The maximum Gasteiger partial charge on any atom is 0.434 e. The van der Waals surface area contributed by atoms with Crippen LogP contribution in [0.2, 0.25) is 5.02 Å². The van der Waals surface area contributed by atoms with E-state index >= 15 is 0 Å². The number of carbonyl (C=O) groups is 1. The molecule has 5 rings (SSSR count). The molecule has 14 heteroatoms. The first kappa shape index (κ1) is 32.5. The van der Waals surface area contributed by atoms with E-state index in [4.69, 9.17) is 25.8 Å². The Hall–Kier alpha value is -3.94. The number of hydrogen-bond donors (Lipinski definition) is 0. The fourth-order valence-corrected chi connectivity index (χ4v) is 6.28. The van der Waals surface area contributed by atoms with Crippen LogP contribution in [0.15, 0.2) is 86.2 Å². The Morgan fingerprint density at radius 3 is 2.51 bits per heavy atom. The second-order valence-corrected chi connectivity index (χ2v) is 11.9. The van der Waals surface area contributed by atoms with Crippen molar-refractivity contribution in [2.24, 2.45) is 4.99 Å². The number of ether oxygens (including phenoxy) is 3. The smallest absolute Gasteiger partial charge is 0.434 e. The lowest BCUT2D eigenvalue weighted by Crippen LogP contribution is -2.41. The number of allylic oxidation sites excluding steroid dienone is 1. The average Bonchev–Trinajstić information content (AvgIpc) is 3.30. The number of methoxy groups -OCH3 is 1. The average molecular weight is 726 g/mol. The van der Waals surface area contributed by atoms with Crippen LogP contribution in [0, 0.1) is 5.82 Å². The quantitative estimate of drug-likeness (QED) is 0.154. The van der Waals surface area contributed by atoms with E-state index in [1.165, 1.54) is 50.4 Å². The summed E-state index contributed by atoms with van der Waals surface area (Å²) in [5, 5.41) is 0.301. The second-order valence-electron chi connectivity index (χ2n) is 9.52. The molecule has 1 aliphatic heterocycles. The number of nitrogens with zero attached hydrogens (tertiary/aromatic N) is 2. The van der Waals surface area contributed by atoms with Gasteiger partial charge in [0.2, 0.25) is 0 Å².